The standard InChI is InChI=1S/C23H19Cl2F3O4S/c1-2-33(29,30)17-9-7-15(8-10-17)11-12-31-16-13-19(24)22(20(25)14-16)18-5-3-4-6-21(18)32-23(26,27)28/h3-10,13-14H,2,11-12H2,1H3. The monoisotopic (exact) mass is 518 g/mol. The van der Waals surface area contributed by atoms with E-state index in [4.69, 9.17) is 27.9 Å². The molecular weight excluding hydrogens is 500 g/mol. The average Bonchev–Trinajstić information content (AvgIpc) is 2.74. The minimum Gasteiger partial charge on any atom is -0.493 e. The van der Waals surface area contributed by atoms with Crippen molar-refractivity contribution in [3.63, 3.8) is 0 Å². The van der Waals surface area contributed by atoms with Crippen molar-refractivity contribution < 1.29 is 31.1 Å². The molecule has 0 fully saturated rings. The lowest BCUT2D eigenvalue weighted by Crippen LogP contribution is -2.17. The molecule has 176 valence electrons. The van der Waals surface area contributed by atoms with Crippen LogP contribution in [0.15, 0.2) is 65.6 Å². The van der Waals surface area contributed by atoms with Gasteiger partial charge in [-0.3, -0.25) is 0 Å². The van der Waals surface area contributed by atoms with Crippen LogP contribution in [0.25, 0.3) is 11.1 Å². The molecule has 0 N–H and O–H groups in total. The summed E-state index contributed by atoms with van der Waals surface area (Å²) in [7, 11) is -3.26. The predicted molar refractivity (Wildman–Crippen MR) is 122 cm³/mol. The molecule has 3 aromatic carbocycles. The van der Waals surface area contributed by atoms with Crippen molar-refractivity contribution in [2.75, 3.05) is 12.4 Å². The number of rotatable bonds is 8. The highest BCUT2D eigenvalue weighted by molar-refractivity contribution is 7.91. The van der Waals surface area contributed by atoms with E-state index in [1.54, 1.807) is 37.3 Å². The summed E-state index contributed by atoms with van der Waals surface area (Å²) in [6.45, 7) is 1.83. The molecule has 0 radical (unpaired) electrons. The van der Waals surface area contributed by atoms with Gasteiger partial charge in [0, 0.05) is 17.5 Å². The van der Waals surface area contributed by atoms with Crippen LogP contribution in [0.1, 0.15) is 12.5 Å². The maximum Gasteiger partial charge on any atom is 0.573 e. The Hall–Kier alpha value is -2.42. The molecule has 0 unspecified atom stereocenters. The summed E-state index contributed by atoms with van der Waals surface area (Å²) in [5.41, 5.74) is 1.16. The van der Waals surface area contributed by atoms with Crippen molar-refractivity contribution in [1.29, 1.82) is 0 Å². The minimum absolute atomic E-state index is 0.0276. The van der Waals surface area contributed by atoms with Gasteiger partial charge in [0.2, 0.25) is 0 Å². The molecule has 0 aliphatic heterocycles. The first-order valence-electron chi connectivity index (χ1n) is 9.79. The smallest absolute Gasteiger partial charge is 0.493 e. The van der Waals surface area contributed by atoms with Crippen molar-refractivity contribution in [2.24, 2.45) is 0 Å². The Kier molecular flexibility index (Phi) is 7.82. The number of hydrogen-bond acceptors (Lipinski definition) is 4. The molecule has 0 aliphatic carbocycles. The Balaban J connectivity index is 1.73. The molecule has 0 saturated carbocycles. The van der Waals surface area contributed by atoms with E-state index in [9.17, 15) is 21.6 Å². The number of sulfone groups is 1. The molecule has 0 saturated heterocycles. The SMILES string of the molecule is CCS(=O)(=O)c1ccc(CCOc2cc(Cl)c(-c3ccccc3OC(F)(F)F)c(Cl)c2)cc1. The number of benzene rings is 3. The Morgan fingerprint density at radius 1 is 0.939 bits per heavy atom. The summed E-state index contributed by atoms with van der Waals surface area (Å²) >= 11 is 12.6. The lowest BCUT2D eigenvalue weighted by molar-refractivity contribution is -0.274. The third-order valence-corrected chi connectivity index (χ3v) is 7.07. The molecule has 10 heteroatoms. The van der Waals surface area contributed by atoms with E-state index >= 15 is 0 Å². The van der Waals surface area contributed by atoms with E-state index in [0.717, 1.165) is 5.56 Å². The van der Waals surface area contributed by atoms with Crippen LogP contribution in [-0.2, 0) is 16.3 Å². The van der Waals surface area contributed by atoms with E-state index in [0.29, 0.717) is 12.2 Å². The molecule has 4 nitrogen and oxygen atoms in total. The molecule has 33 heavy (non-hydrogen) atoms. The van der Waals surface area contributed by atoms with Crippen molar-refractivity contribution in [3.8, 4) is 22.6 Å². The molecule has 0 atom stereocenters. The van der Waals surface area contributed by atoms with Crippen LogP contribution in [0.2, 0.25) is 10.0 Å². The van der Waals surface area contributed by atoms with Gasteiger partial charge in [0.25, 0.3) is 0 Å². The molecule has 0 aromatic heterocycles. The fourth-order valence-corrected chi connectivity index (χ4v) is 4.65. The highest BCUT2D eigenvalue weighted by Crippen LogP contribution is 2.43. The zero-order valence-corrected chi connectivity index (χ0v) is 19.7. The van der Waals surface area contributed by atoms with E-state index in [1.165, 1.54) is 30.3 Å². The number of para-hydroxylation sites is 1. The maximum atomic E-state index is 12.7. The van der Waals surface area contributed by atoms with Crippen molar-refractivity contribution >= 4 is 33.0 Å². The van der Waals surface area contributed by atoms with Crippen LogP contribution >= 0.6 is 23.2 Å². The van der Waals surface area contributed by atoms with E-state index in [-0.39, 0.29) is 38.4 Å². The second-order valence-electron chi connectivity index (χ2n) is 6.95. The summed E-state index contributed by atoms with van der Waals surface area (Å²) in [6, 6.07) is 15.0. The van der Waals surface area contributed by atoms with Crippen LogP contribution in [0, 0.1) is 0 Å². The summed E-state index contributed by atoms with van der Waals surface area (Å²) in [5, 5.41) is 0.203. The maximum absolute atomic E-state index is 12.7. The number of alkyl halides is 3. The lowest BCUT2D eigenvalue weighted by Gasteiger charge is -2.16. The zero-order chi connectivity index (χ0) is 24.2. The third-order valence-electron chi connectivity index (χ3n) is 4.72. The lowest BCUT2D eigenvalue weighted by atomic mass is 10.0. The van der Waals surface area contributed by atoms with Gasteiger partial charge in [-0.2, -0.15) is 0 Å². The van der Waals surface area contributed by atoms with Crippen LogP contribution in [-0.4, -0.2) is 27.1 Å². The van der Waals surface area contributed by atoms with Crippen molar-refractivity contribution in [1.82, 2.24) is 0 Å². The first-order valence-corrected chi connectivity index (χ1v) is 12.2. The first kappa shape index (κ1) is 25.2. The molecule has 0 heterocycles. The Labute approximate surface area is 199 Å². The van der Waals surface area contributed by atoms with Crippen molar-refractivity contribution in [2.45, 2.75) is 24.6 Å². The van der Waals surface area contributed by atoms with Crippen LogP contribution in [0.3, 0.4) is 0 Å². The molecule has 3 rings (SSSR count). The topological polar surface area (TPSA) is 52.6 Å². The Morgan fingerprint density at radius 3 is 2.12 bits per heavy atom. The van der Waals surface area contributed by atoms with Gasteiger partial charge in [-0.15, -0.1) is 13.2 Å². The van der Waals surface area contributed by atoms with Crippen molar-refractivity contribution in [3.05, 3.63) is 76.3 Å². The molecule has 0 bridgehead atoms. The first-order chi connectivity index (χ1) is 15.5. The average molecular weight is 519 g/mol. The number of ether oxygens (including phenoxy) is 2. The highest BCUT2D eigenvalue weighted by Gasteiger charge is 2.32. The second kappa shape index (κ2) is 10.2. The van der Waals surface area contributed by atoms with E-state index in [2.05, 4.69) is 4.74 Å². The summed E-state index contributed by atoms with van der Waals surface area (Å²) in [4.78, 5) is 0.263. The fraction of sp³-hybridized carbons (Fsp3) is 0.217. The third kappa shape index (κ3) is 6.56. The van der Waals surface area contributed by atoms with Gasteiger partial charge >= 0.3 is 6.36 Å². The second-order valence-corrected chi connectivity index (χ2v) is 10.0. The fourth-order valence-electron chi connectivity index (χ4n) is 3.09. The molecular formula is C23H19Cl2F3O4S. The summed E-state index contributed by atoms with van der Waals surface area (Å²) < 4.78 is 71.8. The van der Waals surface area contributed by atoms with Gasteiger partial charge in [0.05, 0.1) is 27.3 Å². The molecule has 0 spiro atoms. The molecule has 3 aromatic rings. The quantitative estimate of drug-likeness (QED) is 0.323. The van der Waals surface area contributed by atoms with Crippen LogP contribution in [0.4, 0.5) is 13.2 Å². The van der Waals surface area contributed by atoms with Gasteiger partial charge in [0.15, 0.2) is 9.84 Å². The summed E-state index contributed by atoms with van der Waals surface area (Å²) in [5.74, 6) is -0.0519. The van der Waals surface area contributed by atoms with Gasteiger partial charge < -0.3 is 9.47 Å². The van der Waals surface area contributed by atoms with Gasteiger partial charge in [-0.1, -0.05) is 60.5 Å². The number of halogens is 5. The minimum atomic E-state index is -4.86. The largest absolute Gasteiger partial charge is 0.573 e. The highest BCUT2D eigenvalue weighted by atomic mass is 35.5. The van der Waals surface area contributed by atoms with Gasteiger partial charge in [0.1, 0.15) is 11.5 Å². The Bertz CT molecular complexity index is 1200. The normalized spacial score (nSPS) is 11.9. The van der Waals surface area contributed by atoms with Gasteiger partial charge in [-0.05, 0) is 35.9 Å². The van der Waals surface area contributed by atoms with Crippen LogP contribution in [0.5, 0.6) is 11.5 Å². The van der Waals surface area contributed by atoms with Crippen LogP contribution < -0.4 is 9.47 Å². The van der Waals surface area contributed by atoms with E-state index in [1.807, 2.05) is 0 Å². The zero-order valence-electron chi connectivity index (χ0n) is 17.3. The molecule has 0 aliphatic rings. The molecule has 0 amide bonds. The van der Waals surface area contributed by atoms with E-state index < -0.39 is 21.9 Å². The predicted octanol–water partition coefficient (Wildman–Crippen LogP) is 6.97. The number of hydrogen-bond donors (Lipinski definition) is 0. The summed E-state index contributed by atoms with van der Waals surface area (Å²) in [6.07, 6.45) is -4.37. The van der Waals surface area contributed by atoms with Gasteiger partial charge in [-0.25, -0.2) is 8.42 Å². The Morgan fingerprint density at radius 2 is 1.55 bits per heavy atom.